The second-order valence-corrected chi connectivity index (χ2v) is 5.19. The molecule has 2 heteroatoms. The molecule has 2 unspecified atom stereocenters. The van der Waals surface area contributed by atoms with E-state index >= 15 is 0 Å². The van der Waals surface area contributed by atoms with E-state index in [0.29, 0.717) is 5.92 Å². The van der Waals surface area contributed by atoms with Crippen LogP contribution in [-0.4, -0.2) is 5.24 Å². The number of rotatable bonds is 1. The highest BCUT2D eigenvalue weighted by Crippen LogP contribution is 2.44. The Hall–Kier alpha value is -0.0400. The zero-order chi connectivity index (χ0) is 9.35. The number of carbonyl (C=O) groups excluding carboxylic acids is 1. The molecule has 1 aliphatic rings. The summed E-state index contributed by atoms with van der Waals surface area (Å²) in [6.45, 7) is 6.57. The van der Waals surface area contributed by atoms with Crippen LogP contribution in [0.2, 0.25) is 0 Å². The Morgan fingerprint density at radius 2 is 1.92 bits per heavy atom. The number of hydrogen-bond acceptors (Lipinski definition) is 1. The van der Waals surface area contributed by atoms with E-state index in [9.17, 15) is 4.79 Å². The van der Waals surface area contributed by atoms with Gasteiger partial charge in [0.15, 0.2) is 0 Å². The molecular weight excluding hydrogens is 172 g/mol. The molecule has 0 spiro atoms. The summed E-state index contributed by atoms with van der Waals surface area (Å²) in [7, 11) is 0. The van der Waals surface area contributed by atoms with Crippen LogP contribution >= 0.6 is 11.6 Å². The van der Waals surface area contributed by atoms with Crippen molar-refractivity contribution in [3.8, 4) is 0 Å². The van der Waals surface area contributed by atoms with E-state index in [-0.39, 0.29) is 16.6 Å². The second-order valence-electron chi connectivity index (χ2n) is 4.81. The van der Waals surface area contributed by atoms with Gasteiger partial charge in [-0.05, 0) is 35.8 Å². The summed E-state index contributed by atoms with van der Waals surface area (Å²) >= 11 is 5.55. The molecule has 2 atom stereocenters. The molecule has 1 saturated carbocycles. The van der Waals surface area contributed by atoms with Crippen LogP contribution < -0.4 is 0 Å². The van der Waals surface area contributed by atoms with E-state index in [1.54, 1.807) is 0 Å². The lowest BCUT2D eigenvalue weighted by Gasteiger charge is -2.30. The Balaban J connectivity index is 2.71. The third-order valence-corrected chi connectivity index (χ3v) is 3.20. The van der Waals surface area contributed by atoms with Crippen LogP contribution in [-0.2, 0) is 4.79 Å². The predicted octanol–water partition coefficient (Wildman–Crippen LogP) is 3.21. The van der Waals surface area contributed by atoms with Crippen molar-refractivity contribution in [3.63, 3.8) is 0 Å². The van der Waals surface area contributed by atoms with Crippen molar-refractivity contribution in [3.05, 3.63) is 0 Å². The molecule has 0 saturated heterocycles. The fraction of sp³-hybridized carbons (Fsp3) is 0.900. The first-order valence-corrected chi connectivity index (χ1v) is 5.00. The van der Waals surface area contributed by atoms with Crippen LogP contribution in [0.25, 0.3) is 0 Å². The van der Waals surface area contributed by atoms with Crippen molar-refractivity contribution in [1.29, 1.82) is 0 Å². The van der Waals surface area contributed by atoms with Gasteiger partial charge >= 0.3 is 0 Å². The minimum Gasteiger partial charge on any atom is -0.281 e. The van der Waals surface area contributed by atoms with E-state index in [2.05, 4.69) is 20.8 Å². The molecule has 1 rings (SSSR count). The minimum absolute atomic E-state index is 0.117. The van der Waals surface area contributed by atoms with Crippen molar-refractivity contribution < 1.29 is 4.79 Å². The summed E-state index contributed by atoms with van der Waals surface area (Å²) in [4.78, 5) is 11.1. The Labute approximate surface area is 79.5 Å². The Kier molecular flexibility index (Phi) is 2.82. The Morgan fingerprint density at radius 3 is 2.25 bits per heavy atom. The maximum atomic E-state index is 11.1. The largest absolute Gasteiger partial charge is 0.281 e. The summed E-state index contributed by atoms with van der Waals surface area (Å²) in [5.74, 6) is 0.606. The molecular formula is C10H17ClO. The third kappa shape index (κ3) is 2.01. The quantitative estimate of drug-likeness (QED) is 0.578. The highest BCUT2D eigenvalue weighted by atomic mass is 35.5. The lowest BCUT2D eigenvalue weighted by Crippen LogP contribution is -2.27. The summed E-state index contributed by atoms with van der Waals surface area (Å²) in [6, 6.07) is 0. The van der Waals surface area contributed by atoms with Gasteiger partial charge in [0.25, 0.3) is 0 Å². The van der Waals surface area contributed by atoms with Gasteiger partial charge in [-0.25, -0.2) is 0 Å². The van der Waals surface area contributed by atoms with Gasteiger partial charge in [-0.3, -0.25) is 4.79 Å². The van der Waals surface area contributed by atoms with E-state index < -0.39 is 0 Å². The van der Waals surface area contributed by atoms with Gasteiger partial charge in [0, 0.05) is 5.92 Å². The van der Waals surface area contributed by atoms with E-state index in [1.807, 2.05) is 0 Å². The maximum absolute atomic E-state index is 11.1. The van der Waals surface area contributed by atoms with Crippen LogP contribution in [0.1, 0.15) is 40.0 Å². The zero-order valence-corrected chi connectivity index (χ0v) is 8.82. The van der Waals surface area contributed by atoms with Crippen LogP contribution in [0.5, 0.6) is 0 Å². The lowest BCUT2D eigenvalue weighted by atomic mass is 9.75. The van der Waals surface area contributed by atoms with Gasteiger partial charge < -0.3 is 0 Å². The van der Waals surface area contributed by atoms with Gasteiger partial charge in [0.05, 0.1) is 0 Å². The third-order valence-electron chi connectivity index (χ3n) is 2.92. The first-order chi connectivity index (χ1) is 5.43. The van der Waals surface area contributed by atoms with Gasteiger partial charge in [-0.15, -0.1) is 0 Å². The Bertz CT molecular complexity index is 181. The SMILES string of the molecule is CC(C)(C)C1CCCC1C(=O)Cl. The molecule has 1 fully saturated rings. The molecule has 0 aromatic carbocycles. The van der Waals surface area contributed by atoms with Gasteiger partial charge in [-0.1, -0.05) is 27.2 Å². The van der Waals surface area contributed by atoms with Crippen molar-refractivity contribution >= 4 is 16.8 Å². The smallest absolute Gasteiger partial charge is 0.225 e. The first-order valence-electron chi connectivity index (χ1n) is 4.62. The summed E-state index contributed by atoms with van der Waals surface area (Å²) in [6.07, 6.45) is 3.31. The topological polar surface area (TPSA) is 17.1 Å². The fourth-order valence-electron chi connectivity index (χ4n) is 2.27. The summed E-state index contributed by atoms with van der Waals surface area (Å²) < 4.78 is 0. The summed E-state index contributed by atoms with van der Waals surface area (Å²) in [5.41, 5.74) is 0.228. The molecule has 0 aliphatic heterocycles. The number of carbonyl (C=O) groups is 1. The van der Waals surface area contributed by atoms with Gasteiger partial charge in [-0.2, -0.15) is 0 Å². The highest BCUT2D eigenvalue weighted by Gasteiger charge is 2.38. The average molecular weight is 189 g/mol. The average Bonchev–Trinajstić information content (AvgIpc) is 2.30. The molecule has 0 aromatic rings. The van der Waals surface area contributed by atoms with Crippen molar-refractivity contribution in [1.82, 2.24) is 0 Å². The lowest BCUT2D eigenvalue weighted by molar-refractivity contribution is -0.117. The Morgan fingerprint density at radius 1 is 1.33 bits per heavy atom. The van der Waals surface area contributed by atoms with Crippen LogP contribution in [0, 0.1) is 17.3 Å². The predicted molar refractivity (Wildman–Crippen MR) is 51.1 cm³/mol. The monoisotopic (exact) mass is 188 g/mol. The second kappa shape index (κ2) is 3.37. The van der Waals surface area contributed by atoms with Crippen molar-refractivity contribution in [2.45, 2.75) is 40.0 Å². The fourth-order valence-corrected chi connectivity index (χ4v) is 2.53. The molecule has 0 N–H and O–H groups in total. The molecule has 0 amide bonds. The number of halogens is 1. The molecule has 0 aromatic heterocycles. The van der Waals surface area contributed by atoms with Crippen LogP contribution in [0.15, 0.2) is 0 Å². The molecule has 12 heavy (non-hydrogen) atoms. The molecule has 1 nitrogen and oxygen atoms in total. The molecule has 0 bridgehead atoms. The molecule has 0 radical (unpaired) electrons. The van der Waals surface area contributed by atoms with Gasteiger partial charge in [0.2, 0.25) is 5.24 Å². The van der Waals surface area contributed by atoms with E-state index in [4.69, 9.17) is 11.6 Å². The van der Waals surface area contributed by atoms with Crippen LogP contribution in [0.4, 0.5) is 0 Å². The molecule has 0 heterocycles. The standard InChI is InChI=1S/C10H17ClO/c1-10(2,3)8-6-4-5-7(8)9(11)12/h7-8H,4-6H2,1-3H3. The van der Waals surface area contributed by atoms with E-state index in [0.717, 1.165) is 19.3 Å². The zero-order valence-electron chi connectivity index (χ0n) is 8.06. The van der Waals surface area contributed by atoms with Crippen molar-refractivity contribution in [2.24, 2.45) is 17.3 Å². The van der Waals surface area contributed by atoms with Crippen LogP contribution in [0.3, 0.4) is 0 Å². The van der Waals surface area contributed by atoms with Crippen molar-refractivity contribution in [2.75, 3.05) is 0 Å². The van der Waals surface area contributed by atoms with E-state index in [1.165, 1.54) is 0 Å². The van der Waals surface area contributed by atoms with Gasteiger partial charge in [0.1, 0.15) is 0 Å². The number of hydrogen-bond donors (Lipinski definition) is 0. The normalized spacial score (nSPS) is 30.7. The molecule has 70 valence electrons. The maximum Gasteiger partial charge on any atom is 0.225 e. The summed E-state index contributed by atoms with van der Waals surface area (Å²) in [5, 5.41) is -0.132. The highest BCUT2D eigenvalue weighted by molar-refractivity contribution is 6.64. The first kappa shape index (κ1) is 10.0. The molecule has 1 aliphatic carbocycles. The minimum atomic E-state index is -0.132.